The van der Waals surface area contributed by atoms with E-state index in [0.29, 0.717) is 23.1 Å². The Morgan fingerprint density at radius 2 is 2.33 bits per heavy atom. The molecule has 0 spiro atoms. The van der Waals surface area contributed by atoms with E-state index in [4.69, 9.17) is 16.3 Å². The van der Waals surface area contributed by atoms with Crippen molar-refractivity contribution >= 4 is 22.9 Å². The lowest BCUT2D eigenvalue weighted by molar-refractivity contribution is -0.0166. The van der Waals surface area contributed by atoms with Gasteiger partial charge in [0.2, 0.25) is 0 Å². The van der Waals surface area contributed by atoms with Crippen LogP contribution in [0.25, 0.3) is 0 Å². The minimum Gasteiger partial charge on any atom is -0.372 e. The average Bonchev–Trinajstić information content (AvgIpc) is 2.63. The van der Waals surface area contributed by atoms with E-state index >= 15 is 0 Å². The molecule has 0 radical (unpaired) electrons. The van der Waals surface area contributed by atoms with Gasteiger partial charge in [-0.05, 0) is 18.8 Å². The topological polar surface area (TPSA) is 22.1 Å². The van der Waals surface area contributed by atoms with Crippen LogP contribution < -0.4 is 0 Å². The van der Waals surface area contributed by atoms with Gasteiger partial charge < -0.3 is 4.74 Å². The summed E-state index contributed by atoms with van der Waals surface area (Å²) in [7, 11) is 0. The van der Waals surface area contributed by atoms with E-state index in [1.54, 1.807) is 0 Å². The van der Waals surface area contributed by atoms with E-state index in [1.807, 2.05) is 5.38 Å². The molecule has 2 rings (SSSR count). The zero-order chi connectivity index (χ0) is 10.7. The maximum absolute atomic E-state index is 5.88. The molecule has 0 aliphatic heterocycles. The van der Waals surface area contributed by atoms with Crippen molar-refractivity contribution in [2.45, 2.75) is 45.3 Å². The molecule has 84 valence electrons. The van der Waals surface area contributed by atoms with Crippen molar-refractivity contribution in [3.05, 3.63) is 15.5 Å². The van der Waals surface area contributed by atoms with E-state index in [9.17, 15) is 0 Å². The number of thiazole rings is 1. The minimum atomic E-state index is 0.416. The van der Waals surface area contributed by atoms with Crippen LogP contribution in [0, 0.1) is 5.92 Å². The maximum Gasteiger partial charge on any atom is 0.183 e. The van der Waals surface area contributed by atoms with Crippen LogP contribution in [0.15, 0.2) is 5.38 Å². The number of hydrogen-bond donors (Lipinski definition) is 0. The fourth-order valence-electron chi connectivity index (χ4n) is 2.07. The number of ether oxygens (including phenoxy) is 1. The van der Waals surface area contributed by atoms with Gasteiger partial charge in [-0.15, -0.1) is 11.3 Å². The van der Waals surface area contributed by atoms with Gasteiger partial charge in [0.25, 0.3) is 0 Å². The molecule has 1 aliphatic carbocycles. The number of halogens is 1. The van der Waals surface area contributed by atoms with Crippen LogP contribution in [-0.2, 0) is 11.3 Å². The molecule has 2 atom stereocenters. The standard InChI is InChI=1S/C11H16ClNOS/c1-8-4-2-3-5-10(8)14-6-9-7-15-11(12)13-9/h7-8,10H,2-6H2,1H3. The van der Waals surface area contributed by atoms with Crippen molar-refractivity contribution in [2.24, 2.45) is 5.92 Å². The van der Waals surface area contributed by atoms with E-state index in [-0.39, 0.29) is 0 Å². The van der Waals surface area contributed by atoms with Gasteiger partial charge in [0, 0.05) is 5.38 Å². The minimum absolute atomic E-state index is 0.416. The highest BCUT2D eigenvalue weighted by molar-refractivity contribution is 7.13. The van der Waals surface area contributed by atoms with Gasteiger partial charge in [0.05, 0.1) is 18.4 Å². The van der Waals surface area contributed by atoms with Crippen LogP contribution in [0.5, 0.6) is 0 Å². The predicted molar refractivity (Wildman–Crippen MR) is 63.3 cm³/mol. The summed E-state index contributed by atoms with van der Waals surface area (Å²) in [5.74, 6) is 0.688. The molecule has 1 aliphatic rings. The second kappa shape index (κ2) is 5.28. The molecule has 1 aromatic heterocycles. The van der Waals surface area contributed by atoms with Gasteiger partial charge in [-0.1, -0.05) is 31.4 Å². The number of hydrogen-bond acceptors (Lipinski definition) is 3. The van der Waals surface area contributed by atoms with Crippen molar-refractivity contribution in [1.29, 1.82) is 0 Å². The summed E-state index contributed by atoms with van der Waals surface area (Å²) in [4.78, 5) is 4.18. The number of nitrogens with zero attached hydrogens (tertiary/aromatic N) is 1. The molecule has 2 nitrogen and oxygen atoms in total. The lowest BCUT2D eigenvalue weighted by atomic mass is 9.88. The molecule has 0 aromatic carbocycles. The van der Waals surface area contributed by atoms with Gasteiger partial charge in [-0.25, -0.2) is 4.98 Å². The van der Waals surface area contributed by atoms with Gasteiger partial charge in [-0.3, -0.25) is 0 Å². The lowest BCUT2D eigenvalue weighted by Crippen LogP contribution is -2.25. The fraction of sp³-hybridized carbons (Fsp3) is 0.727. The third kappa shape index (κ3) is 3.16. The zero-order valence-electron chi connectivity index (χ0n) is 8.91. The Labute approximate surface area is 99.6 Å². The molecule has 15 heavy (non-hydrogen) atoms. The van der Waals surface area contributed by atoms with Gasteiger partial charge >= 0.3 is 0 Å². The van der Waals surface area contributed by atoms with Crippen molar-refractivity contribution in [3.63, 3.8) is 0 Å². The first-order valence-corrected chi connectivity index (χ1v) is 6.73. The van der Waals surface area contributed by atoms with Crippen LogP contribution >= 0.6 is 22.9 Å². The molecule has 4 heteroatoms. The molecule has 0 saturated heterocycles. The molecule has 0 amide bonds. The summed E-state index contributed by atoms with van der Waals surface area (Å²) in [6, 6.07) is 0. The van der Waals surface area contributed by atoms with Gasteiger partial charge in [0.1, 0.15) is 0 Å². The van der Waals surface area contributed by atoms with Crippen LogP contribution in [0.2, 0.25) is 4.47 Å². The molecule has 0 bridgehead atoms. The largest absolute Gasteiger partial charge is 0.372 e. The monoisotopic (exact) mass is 245 g/mol. The van der Waals surface area contributed by atoms with E-state index < -0.39 is 0 Å². The first kappa shape index (κ1) is 11.4. The first-order valence-electron chi connectivity index (χ1n) is 5.47. The Kier molecular flexibility index (Phi) is 4.00. The van der Waals surface area contributed by atoms with Gasteiger partial charge in [0.15, 0.2) is 4.47 Å². The van der Waals surface area contributed by atoms with E-state index in [1.165, 1.54) is 37.0 Å². The zero-order valence-corrected chi connectivity index (χ0v) is 10.5. The Morgan fingerprint density at radius 3 is 3.00 bits per heavy atom. The maximum atomic E-state index is 5.88. The number of aromatic nitrogens is 1. The van der Waals surface area contributed by atoms with Crippen LogP contribution in [0.3, 0.4) is 0 Å². The highest BCUT2D eigenvalue weighted by atomic mass is 35.5. The van der Waals surface area contributed by atoms with Crippen LogP contribution in [0.1, 0.15) is 38.3 Å². The molecule has 1 aromatic rings. The van der Waals surface area contributed by atoms with Crippen molar-refractivity contribution in [2.75, 3.05) is 0 Å². The summed E-state index contributed by atoms with van der Waals surface area (Å²) >= 11 is 7.23. The molecular formula is C11H16ClNOS. The Balaban J connectivity index is 1.81. The SMILES string of the molecule is CC1CCCCC1OCc1csc(Cl)n1. The lowest BCUT2D eigenvalue weighted by Gasteiger charge is -2.28. The van der Waals surface area contributed by atoms with E-state index in [0.717, 1.165) is 5.69 Å². The fourth-order valence-corrected chi connectivity index (χ4v) is 2.84. The Morgan fingerprint density at radius 1 is 1.53 bits per heavy atom. The number of rotatable bonds is 3. The Hall–Kier alpha value is -0.120. The van der Waals surface area contributed by atoms with Crippen molar-refractivity contribution in [1.82, 2.24) is 4.98 Å². The average molecular weight is 246 g/mol. The third-order valence-corrected chi connectivity index (χ3v) is 4.03. The quantitative estimate of drug-likeness (QED) is 0.806. The summed E-state index contributed by atoms with van der Waals surface area (Å²) in [6.07, 6.45) is 5.55. The molecular weight excluding hydrogens is 230 g/mol. The molecule has 1 heterocycles. The van der Waals surface area contributed by atoms with Crippen LogP contribution in [0.4, 0.5) is 0 Å². The van der Waals surface area contributed by atoms with Crippen molar-refractivity contribution in [3.8, 4) is 0 Å². The normalized spacial score (nSPS) is 26.8. The predicted octanol–water partition coefficient (Wildman–Crippen LogP) is 3.89. The second-order valence-corrected chi connectivity index (χ2v) is 5.64. The van der Waals surface area contributed by atoms with E-state index in [2.05, 4.69) is 11.9 Å². The smallest absolute Gasteiger partial charge is 0.183 e. The summed E-state index contributed by atoms with van der Waals surface area (Å²) in [5, 5.41) is 1.97. The van der Waals surface area contributed by atoms with Gasteiger partial charge in [-0.2, -0.15) is 0 Å². The third-order valence-electron chi connectivity index (χ3n) is 3.00. The molecule has 1 fully saturated rings. The highest BCUT2D eigenvalue weighted by Gasteiger charge is 2.21. The summed E-state index contributed by atoms with van der Waals surface area (Å²) < 4.78 is 6.48. The van der Waals surface area contributed by atoms with Crippen LogP contribution in [-0.4, -0.2) is 11.1 Å². The molecule has 2 unspecified atom stereocenters. The van der Waals surface area contributed by atoms with Crippen molar-refractivity contribution < 1.29 is 4.74 Å². The first-order chi connectivity index (χ1) is 7.25. The summed E-state index contributed by atoms with van der Waals surface area (Å²) in [5.41, 5.74) is 0.961. The molecule has 0 N–H and O–H groups in total. The highest BCUT2D eigenvalue weighted by Crippen LogP contribution is 2.27. The summed E-state index contributed by atoms with van der Waals surface area (Å²) in [6.45, 7) is 2.88. The second-order valence-electron chi connectivity index (χ2n) is 4.20. The Bertz CT molecular complexity index is 315. The molecule has 1 saturated carbocycles.